The zero-order valence-electron chi connectivity index (χ0n) is 21.7. The minimum Gasteiger partial charge on any atom is -0.453 e. The molecular weight excluding hydrogens is 478 g/mol. The third-order valence-electron chi connectivity index (χ3n) is 8.18. The number of hydrogen-bond donors (Lipinski definition) is 2. The fraction of sp³-hybridized carbons (Fsp3) is 0.387. The van der Waals surface area contributed by atoms with E-state index >= 15 is 0 Å². The lowest BCUT2D eigenvalue weighted by Crippen LogP contribution is -2.65. The van der Waals surface area contributed by atoms with Crippen molar-refractivity contribution in [3.63, 3.8) is 0 Å². The highest BCUT2D eigenvalue weighted by Gasteiger charge is 2.50. The van der Waals surface area contributed by atoms with Gasteiger partial charge in [0.15, 0.2) is 6.10 Å². The predicted molar refractivity (Wildman–Crippen MR) is 144 cm³/mol. The summed E-state index contributed by atoms with van der Waals surface area (Å²) in [6.07, 6.45) is 4.60. The molecule has 6 rings (SSSR count). The molecule has 3 fully saturated rings. The highest BCUT2D eigenvalue weighted by atomic mass is 16.6. The standard InChI is InChI=1S/C31H35N3O4/c35-29(22-27-14-7-8-17-32-27)33-18-9-19-34-20-15-24(16-21-34)28(23-34)38-30(36)31(37,25-10-3-1-4-11-25)26-12-5-2-6-13-26/h1-8,10-14,17,24,28,37H,9,15-16,18-23H2/p+1. The molecule has 4 heterocycles. The molecule has 1 aromatic heterocycles. The predicted octanol–water partition coefficient (Wildman–Crippen LogP) is 3.22. The van der Waals surface area contributed by atoms with Gasteiger partial charge in [0.1, 0.15) is 6.54 Å². The number of nitrogens with zero attached hydrogens (tertiary/aromatic N) is 2. The second kappa shape index (κ2) is 11.5. The third-order valence-corrected chi connectivity index (χ3v) is 8.18. The molecule has 2 bridgehead atoms. The molecule has 3 aliphatic heterocycles. The number of carbonyl (C=O) groups is 2. The highest BCUT2D eigenvalue weighted by Crippen LogP contribution is 2.38. The minimum atomic E-state index is -1.86. The van der Waals surface area contributed by atoms with Crippen molar-refractivity contribution in [2.75, 3.05) is 32.7 Å². The number of ether oxygens (including phenoxy) is 1. The molecule has 2 aromatic carbocycles. The number of rotatable bonds is 10. The Bertz CT molecular complexity index is 1170. The van der Waals surface area contributed by atoms with Crippen LogP contribution in [-0.2, 0) is 26.3 Å². The van der Waals surface area contributed by atoms with Crippen molar-refractivity contribution < 1.29 is 23.9 Å². The summed E-state index contributed by atoms with van der Waals surface area (Å²) in [5.41, 5.74) is -0.0942. The van der Waals surface area contributed by atoms with Gasteiger partial charge in [0, 0.05) is 43.6 Å². The van der Waals surface area contributed by atoms with Crippen molar-refractivity contribution in [2.24, 2.45) is 5.92 Å². The fourth-order valence-corrected chi connectivity index (χ4v) is 6.02. The average molecular weight is 515 g/mol. The van der Waals surface area contributed by atoms with Crippen LogP contribution in [0, 0.1) is 5.92 Å². The van der Waals surface area contributed by atoms with Crippen molar-refractivity contribution in [1.29, 1.82) is 0 Å². The van der Waals surface area contributed by atoms with Gasteiger partial charge in [-0.3, -0.25) is 9.78 Å². The molecule has 2 N–H and O–H groups in total. The Labute approximate surface area is 224 Å². The summed E-state index contributed by atoms with van der Waals surface area (Å²) in [5.74, 6) is -0.324. The van der Waals surface area contributed by atoms with E-state index in [0.717, 1.165) is 55.6 Å². The summed E-state index contributed by atoms with van der Waals surface area (Å²) in [4.78, 5) is 30.2. The molecule has 1 unspecified atom stereocenters. The zero-order valence-corrected chi connectivity index (χ0v) is 21.7. The van der Waals surface area contributed by atoms with E-state index in [9.17, 15) is 14.7 Å². The molecule has 0 radical (unpaired) electrons. The number of fused-ring (bicyclic) bond motifs is 3. The monoisotopic (exact) mass is 514 g/mol. The summed E-state index contributed by atoms with van der Waals surface area (Å²) in [6, 6.07) is 23.6. The molecule has 38 heavy (non-hydrogen) atoms. The van der Waals surface area contributed by atoms with Crippen molar-refractivity contribution in [3.05, 3.63) is 102 Å². The Hall–Kier alpha value is -3.55. The smallest absolute Gasteiger partial charge is 0.348 e. The number of piperidine rings is 3. The first-order chi connectivity index (χ1) is 18.5. The van der Waals surface area contributed by atoms with E-state index in [0.29, 0.717) is 23.6 Å². The molecule has 3 aromatic rings. The van der Waals surface area contributed by atoms with Crippen LogP contribution < -0.4 is 5.32 Å². The van der Waals surface area contributed by atoms with Gasteiger partial charge >= 0.3 is 5.97 Å². The number of hydrogen-bond acceptors (Lipinski definition) is 5. The van der Waals surface area contributed by atoms with Crippen LogP contribution in [0.5, 0.6) is 0 Å². The molecule has 0 saturated carbocycles. The number of pyridine rings is 1. The van der Waals surface area contributed by atoms with Crippen LogP contribution in [0.15, 0.2) is 85.1 Å². The number of nitrogens with one attached hydrogen (secondary N) is 1. The number of amides is 1. The van der Waals surface area contributed by atoms with E-state index in [-0.39, 0.29) is 18.4 Å². The van der Waals surface area contributed by atoms with Gasteiger partial charge in [0.05, 0.1) is 26.1 Å². The third kappa shape index (κ3) is 5.64. The van der Waals surface area contributed by atoms with Gasteiger partial charge in [0.2, 0.25) is 11.5 Å². The Morgan fingerprint density at radius 3 is 2.18 bits per heavy atom. The van der Waals surface area contributed by atoms with Gasteiger partial charge < -0.3 is 19.6 Å². The lowest BCUT2D eigenvalue weighted by atomic mass is 9.82. The molecular formula is C31H36N3O4+. The molecule has 198 valence electrons. The highest BCUT2D eigenvalue weighted by molar-refractivity contribution is 5.85. The van der Waals surface area contributed by atoms with Gasteiger partial charge in [-0.15, -0.1) is 0 Å². The van der Waals surface area contributed by atoms with Crippen LogP contribution in [0.25, 0.3) is 0 Å². The van der Waals surface area contributed by atoms with Crippen LogP contribution in [0.4, 0.5) is 0 Å². The van der Waals surface area contributed by atoms with Gasteiger partial charge in [0.25, 0.3) is 0 Å². The molecule has 1 atom stereocenters. The second-order valence-corrected chi connectivity index (χ2v) is 10.6. The van der Waals surface area contributed by atoms with E-state index in [4.69, 9.17) is 4.74 Å². The molecule has 0 spiro atoms. The number of benzene rings is 2. The Kier molecular flexibility index (Phi) is 7.86. The first kappa shape index (κ1) is 26.1. The normalized spacial score (nSPS) is 22.6. The number of carbonyl (C=O) groups excluding carboxylic acids is 2. The van der Waals surface area contributed by atoms with Gasteiger partial charge in [-0.05, 0) is 23.3 Å². The van der Waals surface area contributed by atoms with Crippen LogP contribution in [-0.4, -0.2) is 65.3 Å². The number of quaternary nitrogens is 1. The zero-order chi connectivity index (χ0) is 26.4. The minimum absolute atomic E-state index is 0.0195. The molecule has 0 aliphatic carbocycles. The molecule has 7 nitrogen and oxygen atoms in total. The Morgan fingerprint density at radius 2 is 1.58 bits per heavy atom. The lowest BCUT2D eigenvalue weighted by Gasteiger charge is -2.52. The molecule has 3 aliphatic rings. The van der Waals surface area contributed by atoms with Crippen LogP contribution in [0.1, 0.15) is 36.1 Å². The Balaban J connectivity index is 1.20. The molecule has 3 saturated heterocycles. The van der Waals surface area contributed by atoms with Gasteiger partial charge in [-0.1, -0.05) is 66.7 Å². The van der Waals surface area contributed by atoms with Crippen LogP contribution in [0.3, 0.4) is 0 Å². The van der Waals surface area contributed by atoms with Crippen molar-refractivity contribution in [2.45, 2.75) is 37.4 Å². The SMILES string of the molecule is O=C(Cc1ccccn1)NCCC[N+]12CCC(CC1)C(OC(=O)C(O)(c1ccccc1)c1ccccc1)C2. The maximum absolute atomic E-state index is 13.7. The molecule has 1 amide bonds. The Morgan fingerprint density at radius 1 is 0.947 bits per heavy atom. The average Bonchev–Trinajstić information content (AvgIpc) is 2.97. The number of esters is 1. The number of aromatic nitrogens is 1. The van der Waals surface area contributed by atoms with Crippen LogP contribution >= 0.6 is 0 Å². The van der Waals surface area contributed by atoms with E-state index in [1.807, 2.05) is 54.6 Å². The first-order valence-corrected chi connectivity index (χ1v) is 13.5. The molecule has 7 heteroatoms. The largest absolute Gasteiger partial charge is 0.453 e. The quantitative estimate of drug-likeness (QED) is 0.246. The first-order valence-electron chi connectivity index (χ1n) is 13.5. The summed E-state index contributed by atoms with van der Waals surface area (Å²) < 4.78 is 7.04. The van der Waals surface area contributed by atoms with Gasteiger partial charge in [-0.25, -0.2) is 4.79 Å². The van der Waals surface area contributed by atoms with E-state index in [2.05, 4.69) is 10.3 Å². The fourth-order valence-electron chi connectivity index (χ4n) is 6.02. The topological polar surface area (TPSA) is 88.5 Å². The summed E-state index contributed by atoms with van der Waals surface area (Å²) in [7, 11) is 0. The van der Waals surface area contributed by atoms with Crippen molar-refractivity contribution >= 4 is 11.9 Å². The van der Waals surface area contributed by atoms with Crippen molar-refractivity contribution in [1.82, 2.24) is 10.3 Å². The van der Waals surface area contributed by atoms with E-state index < -0.39 is 11.6 Å². The second-order valence-electron chi connectivity index (χ2n) is 10.6. The maximum Gasteiger partial charge on any atom is 0.348 e. The maximum atomic E-state index is 13.7. The van der Waals surface area contributed by atoms with E-state index in [1.165, 1.54) is 0 Å². The van der Waals surface area contributed by atoms with Crippen molar-refractivity contribution in [3.8, 4) is 0 Å². The summed E-state index contributed by atoms with van der Waals surface area (Å²) in [6.45, 7) is 4.40. The summed E-state index contributed by atoms with van der Waals surface area (Å²) in [5, 5.41) is 14.8. The van der Waals surface area contributed by atoms with Gasteiger partial charge in [-0.2, -0.15) is 0 Å². The summed E-state index contributed by atoms with van der Waals surface area (Å²) >= 11 is 0. The lowest BCUT2D eigenvalue weighted by molar-refractivity contribution is -0.946. The number of aliphatic hydroxyl groups is 1. The van der Waals surface area contributed by atoms with E-state index in [1.54, 1.807) is 30.5 Å². The van der Waals surface area contributed by atoms with Crippen LogP contribution in [0.2, 0.25) is 0 Å².